The van der Waals surface area contributed by atoms with Crippen LogP contribution in [0.1, 0.15) is 93.2 Å². The molecule has 1 heterocycles. The molecule has 1 aromatic heterocycles. The van der Waals surface area contributed by atoms with Gasteiger partial charge in [-0.15, -0.1) is 12.8 Å². The van der Waals surface area contributed by atoms with Gasteiger partial charge in [0, 0.05) is 47.5 Å². The van der Waals surface area contributed by atoms with Crippen LogP contribution >= 0.6 is 0 Å². The molecule has 0 bridgehead atoms. The topological polar surface area (TPSA) is 66.8 Å². The van der Waals surface area contributed by atoms with E-state index in [-0.39, 0.29) is 0 Å². The van der Waals surface area contributed by atoms with Crippen LogP contribution in [0.5, 0.6) is 0 Å². The van der Waals surface area contributed by atoms with Crippen molar-refractivity contribution >= 4 is 39.4 Å². The molecule has 0 unspecified atom stereocenters. The van der Waals surface area contributed by atoms with Crippen molar-refractivity contribution in [2.75, 3.05) is 20.6 Å². The smallest absolute Gasteiger partial charge is 0.143 e. The molecule has 3 aromatic carbocycles. The summed E-state index contributed by atoms with van der Waals surface area (Å²) in [6, 6.07) is 24.8. The van der Waals surface area contributed by atoms with E-state index < -0.39 is 0 Å². The van der Waals surface area contributed by atoms with Crippen molar-refractivity contribution in [2.45, 2.75) is 82.1 Å². The molecule has 0 saturated carbocycles. The van der Waals surface area contributed by atoms with Gasteiger partial charge in [-0.1, -0.05) is 163 Å². The second kappa shape index (κ2) is 36.3. The molecule has 316 valence electrons. The minimum atomic E-state index is 0.750. The van der Waals surface area contributed by atoms with Crippen LogP contribution in [0.2, 0.25) is 0 Å². The number of terminal acetylenes is 1. The SMILES string of the molecule is C#C.C=C/C(=C\C=C(/C)NC)N(C(C)=NC)/C(C)=C/C=C\C.CC.CC/C=C\CC.CCN.C\C=C(/C=C\C=C\c1ccccc1)c1cccc2c1oc1ccccc12. The molecule has 4 aromatic rings. The normalized spacial score (nSPS) is 12.1. The Kier molecular flexibility index (Phi) is 33.8. The van der Waals surface area contributed by atoms with E-state index in [1.54, 1.807) is 7.05 Å². The first-order valence-corrected chi connectivity index (χ1v) is 20.6. The molecule has 59 heavy (non-hydrogen) atoms. The quantitative estimate of drug-likeness (QED) is 0.0493. The maximum absolute atomic E-state index is 6.15. The number of hydrogen-bond donors (Lipinski definition) is 2. The zero-order valence-corrected chi connectivity index (χ0v) is 38.3. The maximum atomic E-state index is 6.15. The largest absolute Gasteiger partial charge is 0.455 e. The monoisotopic (exact) mass is 795 g/mol. The van der Waals surface area contributed by atoms with Gasteiger partial charge in [-0.2, -0.15) is 0 Å². The fraction of sp³-hybridized carbons (Fsp3) is 0.278. The Morgan fingerprint density at radius 2 is 1.41 bits per heavy atom. The number of para-hydroxylation sites is 2. The number of furan rings is 1. The average molecular weight is 795 g/mol. The summed E-state index contributed by atoms with van der Waals surface area (Å²) in [6.45, 7) is 25.0. The highest BCUT2D eigenvalue weighted by Gasteiger charge is 2.12. The van der Waals surface area contributed by atoms with Gasteiger partial charge in [0.15, 0.2) is 0 Å². The highest BCUT2D eigenvalue weighted by atomic mass is 16.3. The molecule has 0 radical (unpaired) electrons. The number of rotatable bonds is 12. The molecule has 0 aliphatic rings. The lowest BCUT2D eigenvalue weighted by molar-refractivity contribution is 0.645. The Morgan fingerprint density at radius 3 is 1.95 bits per heavy atom. The molecular formula is C54H74N4O. The number of fused-ring (bicyclic) bond motifs is 3. The third-order valence-electron chi connectivity index (χ3n) is 8.04. The van der Waals surface area contributed by atoms with Crippen molar-refractivity contribution < 1.29 is 4.42 Å². The second-order valence-corrected chi connectivity index (χ2v) is 12.2. The molecule has 0 amide bonds. The summed E-state index contributed by atoms with van der Waals surface area (Å²) in [5, 5.41) is 5.42. The number of nitrogens with one attached hydrogen (secondary N) is 1. The van der Waals surface area contributed by atoms with E-state index in [1.165, 1.54) is 18.4 Å². The van der Waals surface area contributed by atoms with E-state index in [9.17, 15) is 0 Å². The van der Waals surface area contributed by atoms with Gasteiger partial charge in [-0.3, -0.25) is 4.99 Å². The van der Waals surface area contributed by atoms with Gasteiger partial charge in [0.05, 0.1) is 0 Å². The van der Waals surface area contributed by atoms with Gasteiger partial charge in [0.1, 0.15) is 17.0 Å². The summed E-state index contributed by atoms with van der Waals surface area (Å²) in [5.74, 6) is 0.921. The van der Waals surface area contributed by atoms with Crippen LogP contribution in [-0.4, -0.2) is 31.4 Å². The standard InChI is InChI=1S/C25H20O.C17H27N3.C6H12.C2H7N.C2H6.C2H2/c1-2-20(14-7-6-13-19-11-4-3-5-12-19)21-16-10-17-23-22-15-8-9-18-24(22)26-25(21)23;1-8-10-11-15(4)20(16(5)19-7)17(9-2)13-12-14(3)18-6;1-3-5-6-4-2;1-2-3;2*1-2/h2-18H,1H3;8-13,18H,2H2,1,3-7H3;5-6H,3-4H2,1-2H3;2-3H2,1H3;1-2H3;1-2H/b13-6+,14-7-,20-2+;10-8-,14-12+,15-11+,17-13+,19-16?;6-5-;;;. The molecule has 3 N–H and O–H groups in total. The molecule has 5 nitrogen and oxygen atoms in total. The number of amidine groups is 1. The van der Waals surface area contributed by atoms with Crippen molar-refractivity contribution in [2.24, 2.45) is 10.7 Å². The summed E-state index contributed by atoms with van der Waals surface area (Å²) < 4.78 is 6.15. The lowest BCUT2D eigenvalue weighted by Crippen LogP contribution is -2.25. The number of allylic oxidation sites excluding steroid dienone is 15. The molecule has 0 spiro atoms. The second-order valence-electron chi connectivity index (χ2n) is 12.2. The summed E-state index contributed by atoms with van der Waals surface area (Å²) in [7, 11) is 3.70. The van der Waals surface area contributed by atoms with Crippen molar-refractivity contribution in [1.29, 1.82) is 0 Å². The highest BCUT2D eigenvalue weighted by molar-refractivity contribution is 6.08. The number of hydrogen-bond acceptors (Lipinski definition) is 4. The Labute approximate surface area is 359 Å². The number of benzene rings is 3. The lowest BCUT2D eigenvalue weighted by Gasteiger charge is -2.25. The van der Waals surface area contributed by atoms with Crippen molar-refractivity contribution in [3.63, 3.8) is 0 Å². The Morgan fingerprint density at radius 1 is 0.814 bits per heavy atom. The van der Waals surface area contributed by atoms with Gasteiger partial charge >= 0.3 is 0 Å². The fourth-order valence-electron chi connectivity index (χ4n) is 5.12. The van der Waals surface area contributed by atoms with Crippen molar-refractivity contribution in [1.82, 2.24) is 10.2 Å². The Balaban J connectivity index is 0. The average Bonchev–Trinajstić information content (AvgIpc) is 3.67. The number of nitrogens with two attached hydrogens (primary N) is 1. The fourth-order valence-corrected chi connectivity index (χ4v) is 5.12. The minimum Gasteiger partial charge on any atom is -0.455 e. The Bertz CT molecular complexity index is 2020. The van der Waals surface area contributed by atoms with Crippen molar-refractivity contribution in [3.05, 3.63) is 181 Å². The van der Waals surface area contributed by atoms with E-state index in [4.69, 9.17) is 10.2 Å². The van der Waals surface area contributed by atoms with E-state index in [1.807, 2.05) is 109 Å². The Hall–Kier alpha value is -6.09. The summed E-state index contributed by atoms with van der Waals surface area (Å²) in [6.07, 6.45) is 37.2. The zero-order chi connectivity index (χ0) is 44.8. The van der Waals surface area contributed by atoms with Crippen LogP contribution in [0.4, 0.5) is 0 Å². The van der Waals surface area contributed by atoms with Gasteiger partial charge < -0.3 is 20.4 Å². The van der Waals surface area contributed by atoms with E-state index in [2.05, 4.69) is 153 Å². The molecule has 0 aliphatic carbocycles. The van der Waals surface area contributed by atoms with Gasteiger partial charge in [0.2, 0.25) is 0 Å². The zero-order valence-electron chi connectivity index (χ0n) is 38.3. The highest BCUT2D eigenvalue weighted by Crippen LogP contribution is 2.34. The third kappa shape index (κ3) is 21.3. The van der Waals surface area contributed by atoms with Crippen LogP contribution in [0.3, 0.4) is 0 Å². The van der Waals surface area contributed by atoms with E-state index in [0.717, 1.165) is 62.5 Å². The van der Waals surface area contributed by atoms with Crippen LogP contribution in [0, 0.1) is 12.8 Å². The maximum Gasteiger partial charge on any atom is 0.143 e. The number of aliphatic imine (C=N–C) groups is 1. The van der Waals surface area contributed by atoms with E-state index >= 15 is 0 Å². The molecule has 4 rings (SSSR count). The molecule has 0 aliphatic heterocycles. The predicted molar refractivity (Wildman–Crippen MR) is 268 cm³/mol. The third-order valence-corrected chi connectivity index (χ3v) is 8.04. The van der Waals surface area contributed by atoms with Crippen LogP contribution < -0.4 is 11.1 Å². The van der Waals surface area contributed by atoms with E-state index in [0.29, 0.717) is 0 Å². The minimum absolute atomic E-state index is 0.750. The summed E-state index contributed by atoms with van der Waals surface area (Å²) in [4.78, 5) is 6.36. The molecule has 5 heteroatoms. The first-order chi connectivity index (χ1) is 28.7. The van der Waals surface area contributed by atoms with Gasteiger partial charge in [0.25, 0.3) is 0 Å². The number of nitrogens with zero attached hydrogens (tertiary/aromatic N) is 2. The summed E-state index contributed by atoms with van der Waals surface area (Å²) in [5.41, 5.74) is 13.3. The lowest BCUT2D eigenvalue weighted by atomic mass is 10.0. The van der Waals surface area contributed by atoms with Crippen LogP contribution in [0.15, 0.2) is 179 Å². The molecular weight excluding hydrogens is 721 g/mol. The molecule has 0 fully saturated rings. The summed E-state index contributed by atoms with van der Waals surface area (Å²) >= 11 is 0. The molecule has 0 saturated heterocycles. The molecule has 0 atom stereocenters. The first kappa shape index (κ1) is 55.0. The van der Waals surface area contributed by atoms with Gasteiger partial charge in [-0.25, -0.2) is 0 Å². The van der Waals surface area contributed by atoms with Gasteiger partial charge in [-0.05, 0) is 95.5 Å². The van der Waals surface area contributed by atoms with Crippen molar-refractivity contribution in [3.8, 4) is 12.8 Å². The predicted octanol–water partition coefficient (Wildman–Crippen LogP) is 14.9. The van der Waals surface area contributed by atoms with Crippen LogP contribution in [0.25, 0.3) is 33.6 Å². The van der Waals surface area contributed by atoms with Crippen LogP contribution in [-0.2, 0) is 0 Å². The first-order valence-electron chi connectivity index (χ1n) is 20.6.